The molecule has 0 amide bonds. The second-order valence-electron chi connectivity index (χ2n) is 5.99. The normalized spacial score (nSPS) is 11.2. The lowest BCUT2D eigenvalue weighted by molar-refractivity contribution is 0.595. The molecule has 0 saturated heterocycles. The maximum atomic E-state index is 13.9. The Bertz CT molecular complexity index is 1160. The summed E-state index contributed by atoms with van der Waals surface area (Å²) in [4.78, 5) is 19.0. The average Bonchev–Trinajstić information content (AvgIpc) is 2.97. The van der Waals surface area contributed by atoms with Gasteiger partial charge in [-0.25, -0.2) is 13.8 Å². The minimum absolute atomic E-state index is 0.103. The summed E-state index contributed by atoms with van der Waals surface area (Å²) in [5, 5.41) is 0.484. The van der Waals surface area contributed by atoms with Crippen molar-refractivity contribution in [2.45, 2.75) is 13.5 Å². The van der Waals surface area contributed by atoms with E-state index in [1.807, 2.05) is 6.92 Å². The number of halogens is 2. The van der Waals surface area contributed by atoms with E-state index in [1.54, 1.807) is 30.3 Å². The lowest BCUT2D eigenvalue weighted by atomic mass is 10.0. The maximum absolute atomic E-state index is 13.9. The zero-order valence-electron chi connectivity index (χ0n) is 13.9. The van der Waals surface area contributed by atoms with E-state index in [1.165, 1.54) is 40.4 Å². The first-order valence-electron chi connectivity index (χ1n) is 8.02. The van der Waals surface area contributed by atoms with Crippen LogP contribution >= 0.6 is 11.3 Å². The number of benzene rings is 2. The predicted molar refractivity (Wildman–Crippen MR) is 99.5 cm³/mol. The van der Waals surface area contributed by atoms with Gasteiger partial charge in [-0.15, -0.1) is 11.3 Å². The van der Waals surface area contributed by atoms with Crippen molar-refractivity contribution in [3.63, 3.8) is 0 Å². The summed E-state index contributed by atoms with van der Waals surface area (Å²) in [6.45, 7) is 2.01. The standard InChI is InChI=1S/C20H14F2N2OS/c1-12-17(13-6-8-15(21)9-7-13)18-19(26-12)23-11-24(20(18)25)10-14-4-2-3-5-16(14)22/h2-9,11H,10H2,1H3. The summed E-state index contributed by atoms with van der Waals surface area (Å²) in [5.41, 5.74) is 1.70. The lowest BCUT2D eigenvalue weighted by Crippen LogP contribution is -2.21. The third-order valence-corrected chi connectivity index (χ3v) is 5.30. The fraction of sp³-hybridized carbons (Fsp3) is 0.100. The fourth-order valence-corrected chi connectivity index (χ4v) is 4.03. The third kappa shape index (κ3) is 2.82. The molecular formula is C20H14F2N2OS. The molecule has 4 rings (SSSR count). The van der Waals surface area contributed by atoms with E-state index >= 15 is 0 Å². The minimum atomic E-state index is -0.361. The summed E-state index contributed by atoms with van der Waals surface area (Å²) < 4.78 is 28.6. The molecule has 0 unspecified atom stereocenters. The van der Waals surface area contributed by atoms with Gasteiger partial charge in [0.25, 0.3) is 5.56 Å². The van der Waals surface area contributed by atoms with E-state index in [0.29, 0.717) is 15.8 Å². The number of aryl methyl sites for hydroxylation is 1. The van der Waals surface area contributed by atoms with Crippen LogP contribution in [0.4, 0.5) is 8.78 Å². The van der Waals surface area contributed by atoms with Crippen LogP contribution < -0.4 is 5.56 Å². The highest BCUT2D eigenvalue weighted by Crippen LogP contribution is 2.35. The van der Waals surface area contributed by atoms with Crippen molar-refractivity contribution in [1.82, 2.24) is 9.55 Å². The molecule has 0 N–H and O–H groups in total. The van der Waals surface area contributed by atoms with E-state index in [9.17, 15) is 13.6 Å². The lowest BCUT2D eigenvalue weighted by Gasteiger charge is -2.07. The monoisotopic (exact) mass is 368 g/mol. The average molecular weight is 368 g/mol. The molecule has 0 atom stereocenters. The third-order valence-electron chi connectivity index (χ3n) is 4.29. The number of rotatable bonds is 3. The molecule has 0 fully saturated rings. The molecule has 0 saturated carbocycles. The first-order chi connectivity index (χ1) is 12.5. The maximum Gasteiger partial charge on any atom is 0.263 e. The number of thiophene rings is 1. The number of hydrogen-bond acceptors (Lipinski definition) is 3. The van der Waals surface area contributed by atoms with Gasteiger partial charge >= 0.3 is 0 Å². The summed E-state index contributed by atoms with van der Waals surface area (Å²) in [6.07, 6.45) is 1.45. The van der Waals surface area contributed by atoms with Crippen molar-refractivity contribution in [1.29, 1.82) is 0 Å². The molecule has 2 aromatic carbocycles. The molecular weight excluding hydrogens is 354 g/mol. The largest absolute Gasteiger partial charge is 0.294 e. The van der Waals surface area contributed by atoms with E-state index in [2.05, 4.69) is 4.98 Å². The zero-order chi connectivity index (χ0) is 18.3. The summed E-state index contributed by atoms with van der Waals surface area (Å²) in [6, 6.07) is 12.4. The Kier molecular flexibility index (Phi) is 4.12. The Morgan fingerprint density at radius 1 is 1.08 bits per heavy atom. The highest BCUT2D eigenvalue weighted by atomic mass is 32.1. The van der Waals surface area contributed by atoms with Gasteiger partial charge in [-0.1, -0.05) is 30.3 Å². The molecule has 26 heavy (non-hydrogen) atoms. The van der Waals surface area contributed by atoms with Gasteiger partial charge in [0.1, 0.15) is 16.5 Å². The Hall–Kier alpha value is -2.86. The van der Waals surface area contributed by atoms with E-state index in [4.69, 9.17) is 0 Å². The molecule has 0 bridgehead atoms. The summed E-state index contributed by atoms with van der Waals surface area (Å²) in [5.74, 6) is -0.694. The SMILES string of the molecule is Cc1sc2ncn(Cc3ccccc3F)c(=O)c2c1-c1ccc(F)cc1. The topological polar surface area (TPSA) is 34.9 Å². The van der Waals surface area contributed by atoms with Crippen LogP contribution in [0.15, 0.2) is 59.7 Å². The molecule has 130 valence electrons. The van der Waals surface area contributed by atoms with Gasteiger partial charge in [0.15, 0.2) is 0 Å². The van der Waals surface area contributed by atoms with Crippen LogP contribution in [0, 0.1) is 18.6 Å². The van der Waals surface area contributed by atoms with E-state index < -0.39 is 0 Å². The molecule has 0 aliphatic rings. The van der Waals surface area contributed by atoms with Crippen LogP contribution in [0.5, 0.6) is 0 Å². The Labute approximate surface area is 152 Å². The molecule has 2 heterocycles. The van der Waals surface area contributed by atoms with Gasteiger partial charge in [-0.2, -0.15) is 0 Å². The smallest absolute Gasteiger partial charge is 0.263 e. The first-order valence-corrected chi connectivity index (χ1v) is 8.84. The van der Waals surface area contributed by atoms with Crippen LogP contribution in [0.25, 0.3) is 21.3 Å². The van der Waals surface area contributed by atoms with Crippen LogP contribution in [-0.2, 0) is 6.54 Å². The van der Waals surface area contributed by atoms with Crippen LogP contribution in [0.3, 0.4) is 0 Å². The van der Waals surface area contributed by atoms with Crippen LogP contribution in [0.1, 0.15) is 10.4 Å². The molecule has 0 aliphatic carbocycles. The zero-order valence-corrected chi connectivity index (χ0v) is 14.7. The van der Waals surface area contributed by atoms with Crippen molar-refractivity contribution in [2.75, 3.05) is 0 Å². The van der Waals surface area contributed by atoms with Crippen LogP contribution in [-0.4, -0.2) is 9.55 Å². The van der Waals surface area contributed by atoms with Gasteiger partial charge < -0.3 is 0 Å². The highest BCUT2D eigenvalue weighted by molar-refractivity contribution is 7.19. The van der Waals surface area contributed by atoms with Crippen molar-refractivity contribution in [2.24, 2.45) is 0 Å². The first kappa shape index (κ1) is 16.6. The number of nitrogens with zero attached hydrogens (tertiary/aromatic N) is 2. The number of aromatic nitrogens is 2. The molecule has 0 spiro atoms. The van der Waals surface area contributed by atoms with Gasteiger partial charge in [0.2, 0.25) is 0 Å². The second kappa shape index (κ2) is 6.46. The van der Waals surface area contributed by atoms with Gasteiger partial charge in [0, 0.05) is 16.0 Å². The minimum Gasteiger partial charge on any atom is -0.294 e. The molecule has 0 radical (unpaired) electrons. The number of fused-ring (bicyclic) bond motifs is 1. The summed E-state index contributed by atoms with van der Waals surface area (Å²) in [7, 11) is 0. The second-order valence-corrected chi connectivity index (χ2v) is 7.19. The molecule has 0 aliphatic heterocycles. The highest BCUT2D eigenvalue weighted by Gasteiger charge is 2.17. The van der Waals surface area contributed by atoms with Crippen molar-refractivity contribution in [3.05, 3.63) is 87.3 Å². The van der Waals surface area contributed by atoms with Crippen molar-refractivity contribution in [3.8, 4) is 11.1 Å². The van der Waals surface area contributed by atoms with E-state index in [-0.39, 0.29) is 23.7 Å². The fourth-order valence-electron chi connectivity index (χ4n) is 3.02. The van der Waals surface area contributed by atoms with Crippen molar-refractivity contribution >= 4 is 21.6 Å². The van der Waals surface area contributed by atoms with Gasteiger partial charge in [-0.05, 0) is 30.7 Å². The van der Waals surface area contributed by atoms with Gasteiger partial charge in [0.05, 0.1) is 18.3 Å². The molecule has 3 nitrogen and oxygen atoms in total. The molecule has 4 aromatic rings. The Morgan fingerprint density at radius 3 is 2.54 bits per heavy atom. The van der Waals surface area contributed by atoms with Gasteiger partial charge in [-0.3, -0.25) is 9.36 Å². The molecule has 2 aromatic heterocycles. The van der Waals surface area contributed by atoms with E-state index in [0.717, 1.165) is 16.0 Å². The Balaban J connectivity index is 1.89. The van der Waals surface area contributed by atoms with Crippen LogP contribution in [0.2, 0.25) is 0 Å². The van der Waals surface area contributed by atoms with Crippen molar-refractivity contribution < 1.29 is 8.78 Å². The Morgan fingerprint density at radius 2 is 1.81 bits per heavy atom. The quantitative estimate of drug-likeness (QED) is 0.523. The molecule has 6 heteroatoms. The predicted octanol–water partition coefficient (Wildman–Crippen LogP) is 4.76. The number of hydrogen-bond donors (Lipinski definition) is 0. The summed E-state index contributed by atoms with van der Waals surface area (Å²) >= 11 is 1.42.